The Morgan fingerprint density at radius 1 is 1.83 bits per heavy atom. The van der Waals surface area contributed by atoms with E-state index in [-0.39, 0.29) is 6.61 Å². The fourth-order valence-electron chi connectivity index (χ4n) is 0.904. The first-order chi connectivity index (χ1) is 5.84. The summed E-state index contributed by atoms with van der Waals surface area (Å²) < 4.78 is 9.54. The normalized spacial score (nSPS) is 20.8. The van der Waals surface area contributed by atoms with Crippen LogP contribution in [0.15, 0.2) is 12.3 Å². The predicted molar refractivity (Wildman–Crippen MR) is 39.8 cm³/mol. The smallest absolute Gasteiger partial charge is 0.348 e. The van der Waals surface area contributed by atoms with Crippen LogP contribution in [0.2, 0.25) is 0 Å². The highest BCUT2D eigenvalue weighted by Crippen LogP contribution is 2.11. The first-order valence-electron chi connectivity index (χ1n) is 3.68. The molecule has 64 valence electrons. The van der Waals surface area contributed by atoms with Crippen LogP contribution in [0.5, 0.6) is 0 Å². The summed E-state index contributed by atoms with van der Waals surface area (Å²) in [4.78, 5) is 11.0. The van der Waals surface area contributed by atoms with Crippen LogP contribution in [-0.4, -0.2) is 18.7 Å². The maximum absolute atomic E-state index is 11.0. The Hall–Kier alpha value is -1.50. The van der Waals surface area contributed by atoms with Gasteiger partial charge in [-0.15, -0.1) is 0 Å². The number of carbonyl (C=O) groups is 1. The van der Waals surface area contributed by atoms with Crippen molar-refractivity contribution in [1.29, 1.82) is 5.26 Å². The zero-order valence-electron chi connectivity index (χ0n) is 6.53. The number of nitriles is 1. The van der Waals surface area contributed by atoms with Crippen molar-refractivity contribution in [3.8, 4) is 6.07 Å². The molecule has 4 nitrogen and oxygen atoms in total. The number of hydrogen-bond acceptors (Lipinski definition) is 4. The summed E-state index contributed by atoms with van der Waals surface area (Å²) in [6.07, 6.45) is 4.24. The molecule has 0 aromatic heterocycles. The molecule has 0 aromatic rings. The molecule has 0 N–H and O–H groups in total. The van der Waals surface area contributed by atoms with Gasteiger partial charge in [0.25, 0.3) is 0 Å². The lowest BCUT2D eigenvalue weighted by atomic mass is 10.2. The summed E-state index contributed by atoms with van der Waals surface area (Å²) in [5, 5.41) is 8.13. The average molecular weight is 167 g/mol. The second kappa shape index (κ2) is 4.39. The average Bonchev–Trinajstić information content (AvgIpc) is 2.15. The number of hydrogen-bond donors (Lipinski definition) is 0. The van der Waals surface area contributed by atoms with Crippen LogP contribution >= 0.6 is 0 Å². The van der Waals surface area contributed by atoms with E-state index in [2.05, 4.69) is 4.74 Å². The molecule has 0 bridgehead atoms. The van der Waals surface area contributed by atoms with Crippen molar-refractivity contribution in [2.75, 3.05) is 6.61 Å². The Balaban J connectivity index is 2.32. The Morgan fingerprint density at radius 3 is 3.25 bits per heavy atom. The number of ether oxygens (including phenoxy) is 2. The second-order valence-corrected chi connectivity index (χ2v) is 2.34. The van der Waals surface area contributed by atoms with Gasteiger partial charge < -0.3 is 9.47 Å². The second-order valence-electron chi connectivity index (χ2n) is 2.34. The van der Waals surface area contributed by atoms with Crippen LogP contribution in [0.25, 0.3) is 0 Å². The summed E-state index contributed by atoms with van der Waals surface area (Å²) >= 11 is 0. The molecule has 0 aromatic carbocycles. The summed E-state index contributed by atoms with van der Waals surface area (Å²) in [6, 6.07) is 1.72. The van der Waals surface area contributed by atoms with E-state index >= 15 is 0 Å². The highest BCUT2D eigenvalue weighted by atomic mass is 16.6. The van der Waals surface area contributed by atoms with Gasteiger partial charge in [0.05, 0.1) is 6.26 Å². The minimum absolute atomic E-state index is 0.206. The van der Waals surface area contributed by atoms with Crippen LogP contribution in [0.1, 0.15) is 12.8 Å². The van der Waals surface area contributed by atoms with Crippen molar-refractivity contribution >= 4 is 5.97 Å². The van der Waals surface area contributed by atoms with Crippen molar-refractivity contribution < 1.29 is 14.3 Å². The Morgan fingerprint density at radius 2 is 2.67 bits per heavy atom. The van der Waals surface area contributed by atoms with Gasteiger partial charge in [0, 0.05) is 0 Å². The van der Waals surface area contributed by atoms with Gasteiger partial charge in [0.1, 0.15) is 6.07 Å². The van der Waals surface area contributed by atoms with E-state index in [1.807, 2.05) is 6.08 Å². The van der Waals surface area contributed by atoms with Gasteiger partial charge in [0.15, 0.2) is 12.7 Å². The van der Waals surface area contributed by atoms with Crippen molar-refractivity contribution in [3.05, 3.63) is 12.3 Å². The monoisotopic (exact) mass is 167 g/mol. The number of allylic oxidation sites excluding steroid dienone is 1. The molecule has 1 heterocycles. The molecule has 0 saturated heterocycles. The van der Waals surface area contributed by atoms with E-state index in [1.54, 1.807) is 6.07 Å². The van der Waals surface area contributed by atoms with E-state index in [1.165, 1.54) is 6.26 Å². The largest absolute Gasteiger partial charge is 0.487 e. The Bertz CT molecular complexity index is 229. The molecule has 0 amide bonds. The molecule has 0 fully saturated rings. The summed E-state index contributed by atoms with van der Waals surface area (Å²) in [5.74, 6) is -0.457. The quantitative estimate of drug-likeness (QED) is 0.569. The zero-order valence-corrected chi connectivity index (χ0v) is 6.53. The molecular formula is C8H9NO3. The molecule has 1 aliphatic heterocycles. The van der Waals surface area contributed by atoms with Crippen LogP contribution in [-0.2, 0) is 14.3 Å². The molecule has 1 unspecified atom stereocenters. The minimum Gasteiger partial charge on any atom is -0.487 e. The van der Waals surface area contributed by atoms with Gasteiger partial charge in [-0.05, 0) is 18.9 Å². The maximum Gasteiger partial charge on any atom is 0.348 e. The number of carbonyl (C=O) groups excluding carboxylic acids is 1. The van der Waals surface area contributed by atoms with Gasteiger partial charge in [-0.3, -0.25) is 0 Å². The fourth-order valence-corrected chi connectivity index (χ4v) is 0.904. The summed E-state index contributed by atoms with van der Waals surface area (Å²) in [6.45, 7) is -0.206. The molecular weight excluding hydrogens is 158 g/mol. The fraction of sp³-hybridized carbons (Fsp3) is 0.500. The lowest BCUT2D eigenvalue weighted by molar-refractivity contribution is -0.153. The highest BCUT2D eigenvalue weighted by molar-refractivity contribution is 5.75. The molecule has 1 rings (SSSR count). The van der Waals surface area contributed by atoms with E-state index in [4.69, 9.17) is 10.00 Å². The third-order valence-electron chi connectivity index (χ3n) is 1.48. The number of esters is 1. The molecule has 0 saturated carbocycles. The maximum atomic E-state index is 11.0. The molecule has 1 atom stereocenters. The van der Waals surface area contributed by atoms with Gasteiger partial charge in [-0.1, -0.05) is 0 Å². The number of rotatable bonds is 2. The molecule has 4 heteroatoms. The molecule has 1 aliphatic rings. The topological polar surface area (TPSA) is 59.3 Å². The lowest BCUT2D eigenvalue weighted by Crippen LogP contribution is -2.26. The zero-order chi connectivity index (χ0) is 8.81. The van der Waals surface area contributed by atoms with E-state index in [0.717, 1.165) is 6.42 Å². The molecule has 12 heavy (non-hydrogen) atoms. The molecule has 0 radical (unpaired) electrons. The predicted octanol–water partition coefficient (Wildman–Crippen LogP) is 0.746. The first kappa shape index (κ1) is 8.60. The number of nitrogens with zero attached hydrogens (tertiary/aromatic N) is 1. The molecule has 0 spiro atoms. The van der Waals surface area contributed by atoms with E-state index in [0.29, 0.717) is 6.42 Å². The van der Waals surface area contributed by atoms with Crippen molar-refractivity contribution in [2.45, 2.75) is 18.9 Å². The van der Waals surface area contributed by atoms with Crippen LogP contribution in [0.3, 0.4) is 0 Å². The third kappa shape index (κ3) is 2.27. The highest BCUT2D eigenvalue weighted by Gasteiger charge is 2.21. The van der Waals surface area contributed by atoms with Gasteiger partial charge in [-0.25, -0.2) is 4.79 Å². The van der Waals surface area contributed by atoms with Crippen LogP contribution < -0.4 is 0 Å². The van der Waals surface area contributed by atoms with E-state index < -0.39 is 12.1 Å². The Labute approximate surface area is 70.4 Å². The van der Waals surface area contributed by atoms with Crippen molar-refractivity contribution in [3.63, 3.8) is 0 Å². The lowest BCUT2D eigenvalue weighted by Gasteiger charge is -2.16. The Kier molecular flexibility index (Phi) is 3.15. The van der Waals surface area contributed by atoms with Crippen LogP contribution in [0, 0.1) is 11.3 Å². The van der Waals surface area contributed by atoms with Crippen molar-refractivity contribution in [1.82, 2.24) is 0 Å². The van der Waals surface area contributed by atoms with E-state index in [9.17, 15) is 4.79 Å². The minimum atomic E-state index is -0.525. The first-order valence-corrected chi connectivity index (χ1v) is 3.68. The van der Waals surface area contributed by atoms with Gasteiger partial charge in [-0.2, -0.15) is 5.26 Å². The summed E-state index contributed by atoms with van der Waals surface area (Å²) in [5.41, 5.74) is 0. The van der Waals surface area contributed by atoms with Crippen LogP contribution in [0.4, 0.5) is 0 Å². The standard InChI is InChI=1S/C8H9NO3/c9-4-6-12-8(10)7-3-1-2-5-11-7/h2,5,7H,1,3,6H2. The summed E-state index contributed by atoms with van der Waals surface area (Å²) in [7, 11) is 0. The van der Waals surface area contributed by atoms with Gasteiger partial charge >= 0.3 is 5.97 Å². The third-order valence-corrected chi connectivity index (χ3v) is 1.48. The van der Waals surface area contributed by atoms with Gasteiger partial charge in [0.2, 0.25) is 0 Å². The van der Waals surface area contributed by atoms with Crippen molar-refractivity contribution in [2.24, 2.45) is 0 Å². The molecule has 0 aliphatic carbocycles. The SMILES string of the molecule is N#CCOC(=O)C1CCC=CO1.